The van der Waals surface area contributed by atoms with E-state index < -0.39 is 0 Å². The van der Waals surface area contributed by atoms with E-state index in [0.29, 0.717) is 5.92 Å². The van der Waals surface area contributed by atoms with Gasteiger partial charge in [-0.15, -0.1) is 0 Å². The predicted octanol–water partition coefficient (Wildman–Crippen LogP) is 3.49. The molecule has 0 saturated carbocycles. The highest BCUT2D eigenvalue weighted by atomic mass is 14.3. The summed E-state index contributed by atoms with van der Waals surface area (Å²) in [4.78, 5) is 0. The lowest BCUT2D eigenvalue weighted by Crippen LogP contribution is -2.24. The van der Waals surface area contributed by atoms with E-state index in [1.165, 1.54) is 5.56 Å². The van der Waals surface area contributed by atoms with E-state index >= 15 is 0 Å². The van der Waals surface area contributed by atoms with E-state index in [2.05, 4.69) is 45.9 Å². The Labute approximate surface area is 86.4 Å². The highest BCUT2D eigenvalue weighted by Crippen LogP contribution is 2.31. The molecule has 0 aliphatic heterocycles. The molecule has 1 nitrogen and oxygen atoms in total. The molecule has 0 saturated heterocycles. The highest BCUT2D eigenvalue weighted by molar-refractivity contribution is 5.34. The van der Waals surface area contributed by atoms with Crippen LogP contribution >= 0.6 is 0 Å². The molecule has 0 aromatic heterocycles. The fraction of sp³-hybridized carbons (Fsp3) is 0.462. The third-order valence-corrected chi connectivity index (χ3v) is 3.20. The Bertz CT molecular complexity index is 338. The third kappa shape index (κ3) is 1.96. The van der Waals surface area contributed by atoms with Crippen LogP contribution in [0.25, 0.3) is 0 Å². The van der Waals surface area contributed by atoms with Crippen molar-refractivity contribution in [2.75, 3.05) is 0 Å². The van der Waals surface area contributed by atoms with Gasteiger partial charge in [0.2, 0.25) is 0 Å². The van der Waals surface area contributed by atoms with Crippen molar-refractivity contribution >= 4 is 0 Å². The molecular weight excluding hydrogens is 170 g/mol. The topological polar surface area (TPSA) is 23.8 Å². The first kappa shape index (κ1) is 10.8. The Morgan fingerprint density at radius 2 is 1.64 bits per heavy atom. The normalized spacial score (nSPS) is 11.4. The van der Waals surface area contributed by atoms with Gasteiger partial charge in [-0.05, 0) is 29.0 Å². The van der Waals surface area contributed by atoms with E-state index in [1.54, 1.807) is 0 Å². The molecule has 0 fully saturated rings. The van der Waals surface area contributed by atoms with Gasteiger partial charge in [0.15, 0.2) is 0 Å². The fourth-order valence-electron chi connectivity index (χ4n) is 1.31. The average Bonchev–Trinajstić information content (AvgIpc) is 2.17. The number of hydrogen-bond donors (Lipinski definition) is 0. The summed E-state index contributed by atoms with van der Waals surface area (Å²) in [6.45, 7) is 8.91. The Kier molecular flexibility index (Phi) is 2.96. The second kappa shape index (κ2) is 3.84. The lowest BCUT2D eigenvalue weighted by atomic mass is 9.75. The first-order valence-corrected chi connectivity index (χ1v) is 4.99. The smallest absolute Gasteiger partial charge is 0.0991 e. The van der Waals surface area contributed by atoms with E-state index in [0.717, 1.165) is 5.56 Å². The molecule has 0 aliphatic carbocycles. The van der Waals surface area contributed by atoms with E-state index in [1.807, 2.05) is 12.1 Å². The predicted molar refractivity (Wildman–Crippen MR) is 59.0 cm³/mol. The van der Waals surface area contributed by atoms with Crippen LogP contribution < -0.4 is 0 Å². The van der Waals surface area contributed by atoms with Crippen LogP contribution in [0.2, 0.25) is 0 Å². The van der Waals surface area contributed by atoms with Gasteiger partial charge in [-0.3, -0.25) is 0 Å². The van der Waals surface area contributed by atoms with Crippen LogP contribution in [0.4, 0.5) is 0 Å². The molecule has 1 heteroatoms. The van der Waals surface area contributed by atoms with Gasteiger partial charge >= 0.3 is 0 Å². The zero-order valence-corrected chi connectivity index (χ0v) is 9.33. The molecule has 0 radical (unpaired) electrons. The molecule has 0 spiro atoms. The van der Waals surface area contributed by atoms with Gasteiger partial charge in [0.25, 0.3) is 0 Å². The largest absolute Gasteiger partial charge is 0.192 e. The third-order valence-electron chi connectivity index (χ3n) is 3.20. The van der Waals surface area contributed by atoms with Gasteiger partial charge < -0.3 is 0 Å². The number of benzene rings is 1. The summed E-state index contributed by atoms with van der Waals surface area (Å²) in [6, 6.07) is 10.0. The minimum Gasteiger partial charge on any atom is -0.192 e. The van der Waals surface area contributed by atoms with Gasteiger partial charge in [-0.25, -0.2) is 0 Å². The maximum Gasteiger partial charge on any atom is 0.0991 e. The molecule has 0 unspecified atom stereocenters. The van der Waals surface area contributed by atoms with Crippen LogP contribution in [-0.4, -0.2) is 0 Å². The maximum absolute atomic E-state index is 8.69. The Morgan fingerprint density at radius 3 is 2.00 bits per heavy atom. The molecule has 1 aromatic carbocycles. The van der Waals surface area contributed by atoms with Crippen LogP contribution in [0.3, 0.4) is 0 Å². The summed E-state index contributed by atoms with van der Waals surface area (Å²) < 4.78 is 0. The van der Waals surface area contributed by atoms with Crippen molar-refractivity contribution in [3.05, 3.63) is 35.4 Å². The van der Waals surface area contributed by atoms with E-state index in [-0.39, 0.29) is 5.41 Å². The maximum atomic E-state index is 8.69. The Balaban J connectivity index is 3.04. The van der Waals surface area contributed by atoms with Crippen molar-refractivity contribution in [3.8, 4) is 6.07 Å². The van der Waals surface area contributed by atoms with Crippen LogP contribution in [0, 0.1) is 17.2 Å². The summed E-state index contributed by atoms with van der Waals surface area (Å²) in [5, 5.41) is 8.69. The zero-order valence-electron chi connectivity index (χ0n) is 9.33. The minimum absolute atomic E-state index is 0.175. The Hall–Kier alpha value is -1.29. The van der Waals surface area contributed by atoms with Crippen LogP contribution in [0.5, 0.6) is 0 Å². The summed E-state index contributed by atoms with van der Waals surface area (Å²) in [5.41, 5.74) is 2.20. The lowest BCUT2D eigenvalue weighted by molar-refractivity contribution is 0.372. The first-order valence-electron chi connectivity index (χ1n) is 4.99. The monoisotopic (exact) mass is 187 g/mol. The number of rotatable bonds is 2. The number of nitrogens with zero attached hydrogens (tertiary/aromatic N) is 1. The molecule has 14 heavy (non-hydrogen) atoms. The Morgan fingerprint density at radius 1 is 1.14 bits per heavy atom. The average molecular weight is 187 g/mol. The molecule has 0 amide bonds. The van der Waals surface area contributed by atoms with Crippen molar-refractivity contribution in [3.63, 3.8) is 0 Å². The molecule has 74 valence electrons. The SMILES string of the molecule is CC(C)C(C)(C)c1ccc(C#N)cc1. The van der Waals surface area contributed by atoms with Crippen molar-refractivity contribution < 1.29 is 0 Å². The first-order chi connectivity index (χ1) is 6.48. The van der Waals surface area contributed by atoms with Crippen molar-refractivity contribution in [2.45, 2.75) is 33.1 Å². The second-order valence-electron chi connectivity index (χ2n) is 4.57. The van der Waals surface area contributed by atoms with Crippen LogP contribution in [-0.2, 0) is 5.41 Å². The van der Waals surface area contributed by atoms with Crippen LogP contribution in [0.15, 0.2) is 24.3 Å². The van der Waals surface area contributed by atoms with Gasteiger partial charge in [-0.2, -0.15) is 5.26 Å². The van der Waals surface area contributed by atoms with Gasteiger partial charge in [-0.1, -0.05) is 39.8 Å². The molecule has 0 bridgehead atoms. The van der Waals surface area contributed by atoms with E-state index in [4.69, 9.17) is 5.26 Å². The summed E-state index contributed by atoms with van der Waals surface area (Å²) in [5.74, 6) is 0.593. The summed E-state index contributed by atoms with van der Waals surface area (Å²) in [7, 11) is 0. The van der Waals surface area contributed by atoms with Crippen molar-refractivity contribution in [1.29, 1.82) is 5.26 Å². The van der Waals surface area contributed by atoms with Gasteiger partial charge in [0.05, 0.1) is 11.6 Å². The minimum atomic E-state index is 0.175. The van der Waals surface area contributed by atoms with Crippen LogP contribution in [0.1, 0.15) is 38.8 Å². The number of nitriles is 1. The molecule has 0 N–H and O–H groups in total. The molecule has 0 aliphatic rings. The molecule has 0 atom stereocenters. The summed E-state index contributed by atoms with van der Waals surface area (Å²) >= 11 is 0. The molecule has 0 heterocycles. The fourth-order valence-corrected chi connectivity index (χ4v) is 1.31. The lowest BCUT2D eigenvalue weighted by Gasteiger charge is -2.29. The summed E-state index contributed by atoms with van der Waals surface area (Å²) in [6.07, 6.45) is 0. The van der Waals surface area contributed by atoms with Crippen molar-refractivity contribution in [2.24, 2.45) is 5.92 Å². The zero-order chi connectivity index (χ0) is 10.8. The molecule has 1 rings (SSSR count). The highest BCUT2D eigenvalue weighted by Gasteiger charge is 2.24. The standard InChI is InChI=1S/C13H17N/c1-10(2)13(3,4)12-7-5-11(9-14)6-8-12/h5-8,10H,1-4H3. The molecule has 1 aromatic rings. The second-order valence-corrected chi connectivity index (χ2v) is 4.57. The molecular formula is C13H17N. The van der Waals surface area contributed by atoms with Crippen molar-refractivity contribution in [1.82, 2.24) is 0 Å². The van der Waals surface area contributed by atoms with Gasteiger partial charge in [0.1, 0.15) is 0 Å². The van der Waals surface area contributed by atoms with E-state index in [9.17, 15) is 0 Å². The number of hydrogen-bond acceptors (Lipinski definition) is 1. The quantitative estimate of drug-likeness (QED) is 0.695. The van der Waals surface area contributed by atoms with Gasteiger partial charge in [0, 0.05) is 0 Å².